The molecule has 1 rings (SSSR count). The average Bonchev–Trinajstić information content (AvgIpc) is 2.27. The minimum Gasteiger partial charge on any atom is -0.469 e. The number of carbonyl (C=O) groups is 1. The van der Waals surface area contributed by atoms with Crippen LogP contribution in [0.15, 0.2) is 0 Å². The lowest BCUT2D eigenvalue weighted by Crippen LogP contribution is -2.37. The van der Waals surface area contributed by atoms with Crippen molar-refractivity contribution in [3.8, 4) is 0 Å². The number of nitrogens with two attached hydrogens (primary N) is 1. The number of hydrogen-bond acceptors (Lipinski definition) is 4. The van der Waals surface area contributed by atoms with E-state index in [0.717, 1.165) is 32.5 Å². The van der Waals surface area contributed by atoms with Crippen LogP contribution >= 0.6 is 12.4 Å². The van der Waals surface area contributed by atoms with E-state index in [4.69, 9.17) is 10.5 Å². The molecule has 1 aliphatic heterocycles. The highest BCUT2D eigenvalue weighted by molar-refractivity contribution is 5.85. The first kappa shape index (κ1) is 14.7. The molecule has 0 radical (unpaired) electrons. The summed E-state index contributed by atoms with van der Waals surface area (Å²) >= 11 is 0. The fourth-order valence-corrected chi connectivity index (χ4v) is 1.83. The van der Waals surface area contributed by atoms with Crippen molar-refractivity contribution in [2.75, 3.05) is 26.9 Å². The summed E-state index contributed by atoms with van der Waals surface area (Å²) < 4.78 is 9.91. The van der Waals surface area contributed by atoms with E-state index in [2.05, 4.69) is 4.74 Å². The van der Waals surface area contributed by atoms with E-state index in [1.165, 1.54) is 7.11 Å². The zero-order valence-electron chi connectivity index (χ0n) is 9.16. The van der Waals surface area contributed by atoms with Crippen molar-refractivity contribution in [2.24, 2.45) is 11.1 Å². The fraction of sp³-hybridized carbons (Fsp3) is 0.900. The molecule has 4 nitrogen and oxygen atoms in total. The molecular formula is C10H20ClNO3. The maximum atomic E-state index is 11.0. The summed E-state index contributed by atoms with van der Waals surface area (Å²) in [4.78, 5) is 11.0. The van der Waals surface area contributed by atoms with Crippen molar-refractivity contribution in [3.63, 3.8) is 0 Å². The lowest BCUT2D eigenvalue weighted by atomic mass is 9.76. The summed E-state index contributed by atoms with van der Waals surface area (Å²) in [7, 11) is 1.42. The van der Waals surface area contributed by atoms with Crippen molar-refractivity contribution < 1.29 is 14.3 Å². The van der Waals surface area contributed by atoms with Crippen LogP contribution in [0.25, 0.3) is 0 Å². The molecule has 0 spiro atoms. The van der Waals surface area contributed by atoms with Crippen LogP contribution in [-0.2, 0) is 14.3 Å². The SMILES string of the molecule is COC(=O)CCC1(CN)CCOCC1.Cl. The monoisotopic (exact) mass is 237 g/mol. The highest BCUT2D eigenvalue weighted by Crippen LogP contribution is 2.34. The van der Waals surface area contributed by atoms with Gasteiger partial charge in [-0.1, -0.05) is 0 Å². The predicted octanol–water partition coefficient (Wildman–Crippen LogP) is 1.12. The van der Waals surface area contributed by atoms with Crippen LogP contribution in [0.3, 0.4) is 0 Å². The average molecular weight is 238 g/mol. The minimum atomic E-state index is -0.149. The van der Waals surface area contributed by atoms with Crippen LogP contribution in [0.2, 0.25) is 0 Å². The van der Waals surface area contributed by atoms with E-state index < -0.39 is 0 Å². The third kappa shape index (κ3) is 4.36. The smallest absolute Gasteiger partial charge is 0.305 e. The summed E-state index contributed by atoms with van der Waals surface area (Å²) in [6.07, 6.45) is 3.20. The number of hydrogen-bond donors (Lipinski definition) is 1. The molecule has 5 heteroatoms. The van der Waals surface area contributed by atoms with Gasteiger partial charge < -0.3 is 15.2 Å². The van der Waals surface area contributed by atoms with Gasteiger partial charge in [0.25, 0.3) is 0 Å². The molecule has 0 aromatic carbocycles. The second-order valence-corrected chi connectivity index (χ2v) is 3.89. The Hall–Kier alpha value is -0.320. The lowest BCUT2D eigenvalue weighted by Gasteiger charge is -2.35. The molecule has 0 amide bonds. The Labute approximate surface area is 96.9 Å². The van der Waals surface area contributed by atoms with Crippen molar-refractivity contribution in [2.45, 2.75) is 25.7 Å². The zero-order chi connectivity index (χ0) is 10.4. The maximum absolute atomic E-state index is 11.0. The van der Waals surface area contributed by atoms with Crippen molar-refractivity contribution in [1.29, 1.82) is 0 Å². The first-order valence-electron chi connectivity index (χ1n) is 5.07. The first-order chi connectivity index (χ1) is 6.72. The Kier molecular flexibility index (Phi) is 6.89. The number of esters is 1. The highest BCUT2D eigenvalue weighted by atomic mass is 35.5. The van der Waals surface area contributed by atoms with Gasteiger partial charge in [0.15, 0.2) is 0 Å². The number of methoxy groups -OCH3 is 1. The van der Waals surface area contributed by atoms with Gasteiger partial charge in [-0.2, -0.15) is 0 Å². The van der Waals surface area contributed by atoms with E-state index in [1.54, 1.807) is 0 Å². The molecule has 15 heavy (non-hydrogen) atoms. The van der Waals surface area contributed by atoms with Gasteiger partial charge in [0.2, 0.25) is 0 Å². The molecule has 0 bridgehead atoms. The van der Waals surface area contributed by atoms with Crippen LogP contribution in [-0.4, -0.2) is 32.8 Å². The van der Waals surface area contributed by atoms with E-state index >= 15 is 0 Å². The molecule has 0 aromatic rings. The summed E-state index contributed by atoms with van der Waals surface area (Å²) in [6.45, 7) is 2.16. The highest BCUT2D eigenvalue weighted by Gasteiger charge is 2.31. The molecule has 0 saturated carbocycles. The second kappa shape index (κ2) is 7.04. The Morgan fingerprint density at radius 1 is 1.47 bits per heavy atom. The quantitative estimate of drug-likeness (QED) is 0.745. The van der Waals surface area contributed by atoms with Gasteiger partial charge in [-0.05, 0) is 31.2 Å². The number of halogens is 1. The Morgan fingerprint density at radius 3 is 2.53 bits per heavy atom. The summed E-state index contributed by atoms with van der Waals surface area (Å²) in [5, 5.41) is 0. The van der Waals surface area contributed by atoms with E-state index in [9.17, 15) is 4.79 Å². The van der Waals surface area contributed by atoms with Crippen LogP contribution in [0.5, 0.6) is 0 Å². The van der Waals surface area contributed by atoms with Gasteiger partial charge >= 0.3 is 5.97 Å². The third-order valence-electron chi connectivity index (χ3n) is 3.07. The first-order valence-corrected chi connectivity index (χ1v) is 5.07. The van der Waals surface area contributed by atoms with Gasteiger partial charge in [0.05, 0.1) is 7.11 Å². The van der Waals surface area contributed by atoms with Crippen molar-refractivity contribution in [3.05, 3.63) is 0 Å². The Morgan fingerprint density at radius 2 is 2.07 bits per heavy atom. The maximum Gasteiger partial charge on any atom is 0.305 e. The summed E-state index contributed by atoms with van der Waals surface area (Å²) in [6, 6.07) is 0. The number of ether oxygens (including phenoxy) is 2. The predicted molar refractivity (Wildman–Crippen MR) is 60.0 cm³/mol. The van der Waals surface area contributed by atoms with Gasteiger partial charge in [-0.15, -0.1) is 12.4 Å². The van der Waals surface area contributed by atoms with Crippen LogP contribution < -0.4 is 5.73 Å². The van der Waals surface area contributed by atoms with Gasteiger partial charge in [-0.25, -0.2) is 0 Å². The number of rotatable bonds is 4. The topological polar surface area (TPSA) is 61.5 Å². The summed E-state index contributed by atoms with van der Waals surface area (Å²) in [5.74, 6) is -0.149. The molecule has 0 aromatic heterocycles. The van der Waals surface area contributed by atoms with Crippen LogP contribution in [0.4, 0.5) is 0 Å². The van der Waals surface area contributed by atoms with Gasteiger partial charge in [0.1, 0.15) is 0 Å². The molecule has 0 aliphatic carbocycles. The second-order valence-electron chi connectivity index (χ2n) is 3.89. The lowest BCUT2D eigenvalue weighted by molar-refractivity contribution is -0.141. The Bertz CT molecular complexity index is 193. The molecule has 0 atom stereocenters. The Balaban J connectivity index is 0.00000196. The molecule has 90 valence electrons. The molecule has 1 saturated heterocycles. The zero-order valence-corrected chi connectivity index (χ0v) is 9.98. The van der Waals surface area contributed by atoms with Crippen molar-refractivity contribution in [1.82, 2.24) is 0 Å². The van der Waals surface area contributed by atoms with Gasteiger partial charge in [0, 0.05) is 19.6 Å². The molecule has 0 unspecified atom stereocenters. The molecule has 1 heterocycles. The van der Waals surface area contributed by atoms with Gasteiger partial charge in [-0.3, -0.25) is 4.79 Å². The van der Waals surface area contributed by atoms with Crippen LogP contribution in [0, 0.1) is 5.41 Å². The normalized spacial score (nSPS) is 19.1. The standard InChI is InChI=1S/C10H19NO3.ClH/c1-13-9(12)2-3-10(8-11)4-6-14-7-5-10;/h2-8,11H2,1H3;1H. The molecule has 1 fully saturated rings. The fourth-order valence-electron chi connectivity index (χ4n) is 1.83. The number of carbonyl (C=O) groups excluding carboxylic acids is 1. The third-order valence-corrected chi connectivity index (χ3v) is 3.07. The molecular weight excluding hydrogens is 218 g/mol. The molecule has 1 aliphatic rings. The van der Waals surface area contributed by atoms with E-state index in [1.807, 2.05) is 0 Å². The van der Waals surface area contributed by atoms with Crippen molar-refractivity contribution >= 4 is 18.4 Å². The minimum absolute atomic E-state index is 0. The summed E-state index contributed by atoms with van der Waals surface area (Å²) in [5.41, 5.74) is 5.86. The van der Waals surface area contributed by atoms with Crippen LogP contribution in [0.1, 0.15) is 25.7 Å². The molecule has 2 N–H and O–H groups in total. The van der Waals surface area contributed by atoms with E-state index in [-0.39, 0.29) is 23.8 Å². The largest absolute Gasteiger partial charge is 0.469 e. The van der Waals surface area contributed by atoms with E-state index in [0.29, 0.717) is 13.0 Å².